The third-order valence-corrected chi connectivity index (χ3v) is 3.31. The van der Waals surface area contributed by atoms with Crippen molar-refractivity contribution < 1.29 is 0 Å². The molecule has 1 fully saturated rings. The third kappa shape index (κ3) is 1.61. The largest absolute Gasteiger partial charge is 0.398 e. The van der Waals surface area contributed by atoms with Crippen molar-refractivity contribution in [3.8, 4) is 0 Å². The summed E-state index contributed by atoms with van der Waals surface area (Å²) in [5, 5.41) is 1.04. The lowest BCUT2D eigenvalue weighted by molar-refractivity contribution is 1.05. The van der Waals surface area contributed by atoms with Gasteiger partial charge >= 0.3 is 0 Å². The van der Waals surface area contributed by atoms with Crippen LogP contribution in [0.2, 0.25) is 0 Å². The van der Waals surface area contributed by atoms with Crippen LogP contribution in [0, 0.1) is 0 Å². The van der Waals surface area contributed by atoms with Crippen LogP contribution in [0.4, 0.5) is 5.69 Å². The zero-order chi connectivity index (χ0) is 10.4. The summed E-state index contributed by atoms with van der Waals surface area (Å²) in [6, 6.07) is 8.06. The van der Waals surface area contributed by atoms with E-state index in [0.717, 1.165) is 26.8 Å². The number of fused-ring (bicyclic) bond motifs is 1. The molecule has 0 amide bonds. The molecule has 3 rings (SSSR count). The van der Waals surface area contributed by atoms with E-state index in [1.54, 1.807) is 0 Å². The Morgan fingerprint density at radius 2 is 2.07 bits per heavy atom. The van der Waals surface area contributed by atoms with E-state index in [1.165, 1.54) is 12.8 Å². The highest BCUT2D eigenvalue weighted by Crippen LogP contribution is 2.40. The second-order valence-electron chi connectivity index (χ2n) is 4.07. The minimum atomic E-state index is 0.653. The van der Waals surface area contributed by atoms with Gasteiger partial charge in [0.25, 0.3) is 0 Å². The number of rotatable bonds is 1. The van der Waals surface area contributed by atoms with Crippen molar-refractivity contribution in [3.05, 3.63) is 34.4 Å². The van der Waals surface area contributed by atoms with Crippen LogP contribution in [0.15, 0.2) is 28.7 Å². The van der Waals surface area contributed by atoms with Crippen LogP contribution >= 0.6 is 15.9 Å². The van der Waals surface area contributed by atoms with Gasteiger partial charge in [-0.3, -0.25) is 4.98 Å². The van der Waals surface area contributed by atoms with Crippen LogP contribution in [0.1, 0.15) is 24.5 Å². The molecule has 0 saturated heterocycles. The molecule has 0 spiro atoms. The number of anilines is 1. The topological polar surface area (TPSA) is 38.9 Å². The fourth-order valence-corrected chi connectivity index (χ4v) is 2.19. The average molecular weight is 263 g/mol. The number of nitrogens with two attached hydrogens (primary N) is 1. The summed E-state index contributed by atoms with van der Waals surface area (Å²) < 4.78 is 1.04. The number of pyridine rings is 1. The Balaban J connectivity index is 2.26. The van der Waals surface area contributed by atoms with Crippen molar-refractivity contribution >= 4 is 32.5 Å². The lowest BCUT2D eigenvalue weighted by Gasteiger charge is -2.05. The molecule has 2 aromatic rings. The van der Waals surface area contributed by atoms with Gasteiger partial charge in [-0.05, 0) is 37.1 Å². The molecular weight excluding hydrogens is 252 g/mol. The highest BCUT2D eigenvalue weighted by molar-refractivity contribution is 9.10. The average Bonchev–Trinajstić information content (AvgIpc) is 3.02. The molecule has 1 heterocycles. The molecule has 0 atom stereocenters. The zero-order valence-corrected chi connectivity index (χ0v) is 9.79. The molecule has 0 radical (unpaired) electrons. The van der Waals surface area contributed by atoms with Gasteiger partial charge in [-0.2, -0.15) is 0 Å². The Hall–Kier alpha value is -1.09. The van der Waals surface area contributed by atoms with Crippen LogP contribution in [0.5, 0.6) is 0 Å². The van der Waals surface area contributed by atoms with Gasteiger partial charge in [-0.15, -0.1) is 0 Å². The minimum Gasteiger partial charge on any atom is -0.398 e. The van der Waals surface area contributed by atoms with Crippen molar-refractivity contribution in [2.75, 3.05) is 5.73 Å². The summed E-state index contributed by atoms with van der Waals surface area (Å²) in [4.78, 5) is 4.64. The number of halogens is 1. The Labute approximate surface area is 96.6 Å². The number of benzene rings is 1. The smallest absolute Gasteiger partial charge is 0.0726 e. The van der Waals surface area contributed by atoms with Gasteiger partial charge in [-0.25, -0.2) is 0 Å². The summed E-state index contributed by atoms with van der Waals surface area (Å²) in [7, 11) is 0. The van der Waals surface area contributed by atoms with Crippen LogP contribution in [-0.4, -0.2) is 4.98 Å². The molecule has 1 saturated carbocycles. The van der Waals surface area contributed by atoms with E-state index in [4.69, 9.17) is 5.73 Å². The van der Waals surface area contributed by atoms with Gasteiger partial charge in [0.15, 0.2) is 0 Å². The molecule has 1 aliphatic carbocycles. The first-order valence-corrected chi connectivity index (χ1v) is 5.89. The van der Waals surface area contributed by atoms with Gasteiger partial charge in [0.2, 0.25) is 0 Å². The van der Waals surface area contributed by atoms with E-state index in [2.05, 4.69) is 20.9 Å². The Kier molecular flexibility index (Phi) is 1.96. The van der Waals surface area contributed by atoms with Crippen molar-refractivity contribution in [1.82, 2.24) is 4.98 Å². The van der Waals surface area contributed by atoms with Crippen molar-refractivity contribution in [2.45, 2.75) is 18.8 Å². The van der Waals surface area contributed by atoms with Gasteiger partial charge in [0.1, 0.15) is 0 Å². The Morgan fingerprint density at radius 1 is 1.27 bits per heavy atom. The first-order valence-electron chi connectivity index (χ1n) is 5.10. The molecule has 15 heavy (non-hydrogen) atoms. The van der Waals surface area contributed by atoms with E-state index in [1.807, 2.05) is 24.3 Å². The van der Waals surface area contributed by atoms with Crippen molar-refractivity contribution in [1.29, 1.82) is 0 Å². The maximum absolute atomic E-state index is 6.03. The molecule has 3 heteroatoms. The highest BCUT2D eigenvalue weighted by atomic mass is 79.9. The lowest BCUT2D eigenvalue weighted by atomic mass is 10.1. The van der Waals surface area contributed by atoms with E-state index >= 15 is 0 Å². The second kappa shape index (κ2) is 3.20. The summed E-state index contributed by atoms with van der Waals surface area (Å²) in [5.41, 5.74) is 9.02. The number of hydrogen-bond acceptors (Lipinski definition) is 2. The maximum Gasteiger partial charge on any atom is 0.0726 e. The van der Waals surface area contributed by atoms with Gasteiger partial charge in [0, 0.05) is 27.2 Å². The normalized spacial score (nSPS) is 15.8. The van der Waals surface area contributed by atoms with E-state index in [-0.39, 0.29) is 0 Å². The van der Waals surface area contributed by atoms with Crippen LogP contribution in [0.3, 0.4) is 0 Å². The molecule has 2 N–H and O–H groups in total. The standard InChI is InChI=1S/C12H11BrN2/c13-8-3-4-11-9(5-8)10(14)6-12(15-11)7-1-2-7/h3-7H,1-2H2,(H2,14,15). The van der Waals surface area contributed by atoms with Gasteiger partial charge in [0.05, 0.1) is 5.52 Å². The van der Waals surface area contributed by atoms with Gasteiger partial charge < -0.3 is 5.73 Å². The highest BCUT2D eigenvalue weighted by Gasteiger charge is 2.25. The van der Waals surface area contributed by atoms with Crippen LogP contribution in [-0.2, 0) is 0 Å². The number of aromatic nitrogens is 1. The fourth-order valence-electron chi connectivity index (χ4n) is 1.83. The van der Waals surface area contributed by atoms with E-state index in [9.17, 15) is 0 Å². The lowest BCUT2D eigenvalue weighted by Crippen LogP contribution is -1.94. The van der Waals surface area contributed by atoms with Gasteiger partial charge in [-0.1, -0.05) is 15.9 Å². The molecule has 1 aromatic heterocycles. The summed E-state index contributed by atoms with van der Waals surface area (Å²) in [5.74, 6) is 0.653. The second-order valence-corrected chi connectivity index (χ2v) is 4.99. The molecule has 0 aliphatic heterocycles. The summed E-state index contributed by atoms with van der Waals surface area (Å²) in [6.07, 6.45) is 2.52. The Morgan fingerprint density at radius 3 is 2.80 bits per heavy atom. The molecule has 1 aliphatic rings. The fraction of sp³-hybridized carbons (Fsp3) is 0.250. The quantitative estimate of drug-likeness (QED) is 0.855. The van der Waals surface area contributed by atoms with E-state index < -0.39 is 0 Å². The maximum atomic E-state index is 6.03. The van der Waals surface area contributed by atoms with Crippen LogP contribution < -0.4 is 5.73 Å². The van der Waals surface area contributed by atoms with E-state index in [0.29, 0.717) is 5.92 Å². The number of nitrogens with zero attached hydrogens (tertiary/aromatic N) is 1. The zero-order valence-electron chi connectivity index (χ0n) is 8.20. The van der Waals surface area contributed by atoms with Crippen LogP contribution in [0.25, 0.3) is 10.9 Å². The predicted molar refractivity (Wildman–Crippen MR) is 65.8 cm³/mol. The summed E-state index contributed by atoms with van der Waals surface area (Å²) in [6.45, 7) is 0. The Bertz CT molecular complexity index is 532. The number of nitrogen functional groups attached to an aromatic ring is 1. The molecule has 0 unspecified atom stereocenters. The first kappa shape index (κ1) is 9.16. The first-order chi connectivity index (χ1) is 7.24. The predicted octanol–water partition coefficient (Wildman–Crippen LogP) is 3.46. The van der Waals surface area contributed by atoms with Crippen molar-refractivity contribution in [3.63, 3.8) is 0 Å². The molecule has 2 nitrogen and oxygen atoms in total. The molecule has 1 aromatic carbocycles. The molecule has 76 valence electrons. The SMILES string of the molecule is Nc1cc(C2CC2)nc2ccc(Br)cc12. The monoisotopic (exact) mass is 262 g/mol. The number of hydrogen-bond donors (Lipinski definition) is 1. The summed E-state index contributed by atoms with van der Waals surface area (Å²) >= 11 is 3.44. The third-order valence-electron chi connectivity index (χ3n) is 2.82. The molecular formula is C12H11BrN2. The van der Waals surface area contributed by atoms with Crippen molar-refractivity contribution in [2.24, 2.45) is 0 Å². The molecule has 0 bridgehead atoms. The minimum absolute atomic E-state index is 0.653.